The van der Waals surface area contributed by atoms with E-state index in [9.17, 15) is 0 Å². The van der Waals surface area contributed by atoms with E-state index < -0.39 is 0 Å². The average Bonchev–Trinajstić information content (AvgIpc) is 2.17. The summed E-state index contributed by atoms with van der Waals surface area (Å²) in [6.45, 7) is 3.16. The number of hydrogen-bond acceptors (Lipinski definition) is 3. The molecule has 14 heavy (non-hydrogen) atoms. The first-order chi connectivity index (χ1) is 6.69. The van der Waals surface area contributed by atoms with Crippen LogP contribution in [0.2, 0.25) is 0 Å². The smallest absolute Gasteiger partial charge is 0.121 e. The predicted octanol–water partition coefficient (Wildman–Crippen LogP) is 2.12. The Bertz CT molecular complexity index is 299. The van der Waals surface area contributed by atoms with Gasteiger partial charge in [0.2, 0.25) is 0 Å². The van der Waals surface area contributed by atoms with Crippen molar-refractivity contribution in [3.05, 3.63) is 18.2 Å². The number of methoxy groups -OCH3 is 1. The van der Waals surface area contributed by atoms with Crippen molar-refractivity contribution in [3.8, 4) is 5.75 Å². The lowest BCUT2D eigenvalue weighted by Gasteiger charge is -2.20. The van der Waals surface area contributed by atoms with Gasteiger partial charge in [0.25, 0.3) is 0 Å². The third-order valence-electron chi connectivity index (χ3n) is 2.20. The Morgan fingerprint density at radius 2 is 2.14 bits per heavy atom. The number of benzene rings is 1. The van der Waals surface area contributed by atoms with Crippen LogP contribution in [0.4, 0.5) is 11.4 Å². The molecule has 0 radical (unpaired) electrons. The SMILES string of the molecule is CCCN(C)c1ccc(OC)cc1N. The number of nitrogens with two attached hydrogens (primary N) is 1. The quantitative estimate of drug-likeness (QED) is 0.746. The summed E-state index contributed by atoms with van der Waals surface area (Å²) in [5.41, 5.74) is 7.73. The van der Waals surface area contributed by atoms with E-state index in [1.54, 1.807) is 7.11 Å². The van der Waals surface area contributed by atoms with Gasteiger partial charge in [0, 0.05) is 19.7 Å². The monoisotopic (exact) mass is 194 g/mol. The third kappa shape index (κ3) is 2.31. The third-order valence-corrected chi connectivity index (χ3v) is 2.20. The first-order valence-corrected chi connectivity index (χ1v) is 4.83. The van der Waals surface area contributed by atoms with Gasteiger partial charge in [-0.05, 0) is 18.6 Å². The fraction of sp³-hybridized carbons (Fsp3) is 0.455. The second-order valence-electron chi connectivity index (χ2n) is 3.35. The Balaban J connectivity index is 2.88. The molecule has 0 aliphatic carbocycles. The molecule has 1 rings (SSSR count). The predicted molar refractivity (Wildman–Crippen MR) is 61.0 cm³/mol. The summed E-state index contributed by atoms with van der Waals surface area (Å²) in [5, 5.41) is 0. The van der Waals surface area contributed by atoms with Crippen LogP contribution in [0.1, 0.15) is 13.3 Å². The van der Waals surface area contributed by atoms with Crippen LogP contribution in [0, 0.1) is 0 Å². The van der Waals surface area contributed by atoms with Crippen LogP contribution in [-0.2, 0) is 0 Å². The number of nitrogen functional groups attached to an aromatic ring is 1. The highest BCUT2D eigenvalue weighted by atomic mass is 16.5. The molecule has 0 bridgehead atoms. The van der Waals surface area contributed by atoms with Gasteiger partial charge in [-0.3, -0.25) is 0 Å². The molecule has 0 fully saturated rings. The normalized spacial score (nSPS) is 9.93. The highest BCUT2D eigenvalue weighted by Gasteiger charge is 2.04. The van der Waals surface area contributed by atoms with Gasteiger partial charge < -0.3 is 15.4 Å². The van der Waals surface area contributed by atoms with E-state index >= 15 is 0 Å². The zero-order valence-electron chi connectivity index (χ0n) is 9.08. The van der Waals surface area contributed by atoms with Crippen molar-refractivity contribution in [3.63, 3.8) is 0 Å². The van der Waals surface area contributed by atoms with E-state index in [0.717, 1.165) is 30.1 Å². The largest absolute Gasteiger partial charge is 0.497 e. The van der Waals surface area contributed by atoms with Crippen molar-refractivity contribution in [1.29, 1.82) is 0 Å². The molecule has 0 unspecified atom stereocenters. The van der Waals surface area contributed by atoms with E-state index in [4.69, 9.17) is 10.5 Å². The number of rotatable bonds is 4. The van der Waals surface area contributed by atoms with Gasteiger partial charge in [-0.15, -0.1) is 0 Å². The lowest BCUT2D eigenvalue weighted by Crippen LogP contribution is -2.18. The molecule has 0 saturated heterocycles. The standard InChI is InChI=1S/C11H18N2O/c1-4-7-13(2)11-6-5-9(14-3)8-10(11)12/h5-6,8H,4,7,12H2,1-3H3. The van der Waals surface area contributed by atoms with Crippen molar-refractivity contribution in [2.24, 2.45) is 0 Å². The van der Waals surface area contributed by atoms with Gasteiger partial charge in [-0.2, -0.15) is 0 Å². The minimum atomic E-state index is 0.764. The number of anilines is 2. The van der Waals surface area contributed by atoms with Gasteiger partial charge in [0.05, 0.1) is 18.5 Å². The van der Waals surface area contributed by atoms with Crippen molar-refractivity contribution in [2.45, 2.75) is 13.3 Å². The zero-order valence-corrected chi connectivity index (χ0v) is 9.08. The molecular weight excluding hydrogens is 176 g/mol. The van der Waals surface area contributed by atoms with Gasteiger partial charge in [0.15, 0.2) is 0 Å². The van der Waals surface area contributed by atoms with Crippen LogP contribution >= 0.6 is 0 Å². The van der Waals surface area contributed by atoms with E-state index in [2.05, 4.69) is 11.8 Å². The molecule has 0 spiro atoms. The number of hydrogen-bond donors (Lipinski definition) is 1. The maximum atomic E-state index is 5.91. The van der Waals surface area contributed by atoms with E-state index in [-0.39, 0.29) is 0 Å². The Hall–Kier alpha value is -1.38. The van der Waals surface area contributed by atoms with Crippen molar-refractivity contribution in [1.82, 2.24) is 0 Å². The van der Waals surface area contributed by atoms with E-state index in [1.165, 1.54) is 0 Å². The summed E-state index contributed by atoms with van der Waals surface area (Å²) in [4.78, 5) is 2.15. The molecule has 1 aromatic carbocycles. The maximum Gasteiger partial charge on any atom is 0.121 e. The molecule has 0 saturated carbocycles. The van der Waals surface area contributed by atoms with Crippen molar-refractivity contribution in [2.75, 3.05) is 31.3 Å². The Morgan fingerprint density at radius 1 is 1.43 bits per heavy atom. The molecule has 3 heteroatoms. The fourth-order valence-electron chi connectivity index (χ4n) is 1.46. The topological polar surface area (TPSA) is 38.5 Å². The molecule has 0 amide bonds. The zero-order chi connectivity index (χ0) is 10.6. The molecule has 3 nitrogen and oxygen atoms in total. The average molecular weight is 194 g/mol. The molecule has 2 N–H and O–H groups in total. The number of nitrogens with zero attached hydrogens (tertiary/aromatic N) is 1. The highest BCUT2D eigenvalue weighted by Crippen LogP contribution is 2.26. The molecular formula is C11H18N2O. The lowest BCUT2D eigenvalue weighted by atomic mass is 10.2. The van der Waals surface area contributed by atoms with Crippen LogP contribution in [0.25, 0.3) is 0 Å². The van der Waals surface area contributed by atoms with Gasteiger partial charge >= 0.3 is 0 Å². The van der Waals surface area contributed by atoms with Gasteiger partial charge in [-0.1, -0.05) is 6.92 Å². The minimum Gasteiger partial charge on any atom is -0.497 e. The summed E-state index contributed by atoms with van der Waals surface area (Å²) in [7, 11) is 3.69. The second-order valence-corrected chi connectivity index (χ2v) is 3.35. The second kappa shape index (κ2) is 4.74. The van der Waals surface area contributed by atoms with Gasteiger partial charge in [-0.25, -0.2) is 0 Å². The van der Waals surface area contributed by atoms with E-state index in [1.807, 2.05) is 25.2 Å². The molecule has 0 aliphatic heterocycles. The highest BCUT2D eigenvalue weighted by molar-refractivity contribution is 5.69. The van der Waals surface area contributed by atoms with Crippen LogP contribution in [0.15, 0.2) is 18.2 Å². The Morgan fingerprint density at radius 3 is 2.64 bits per heavy atom. The summed E-state index contributed by atoms with van der Waals surface area (Å²) >= 11 is 0. The Kier molecular flexibility index (Phi) is 3.63. The van der Waals surface area contributed by atoms with Crippen LogP contribution in [0.3, 0.4) is 0 Å². The van der Waals surface area contributed by atoms with Crippen LogP contribution < -0.4 is 15.4 Å². The van der Waals surface area contributed by atoms with Crippen molar-refractivity contribution < 1.29 is 4.74 Å². The molecule has 1 aromatic rings. The summed E-state index contributed by atoms with van der Waals surface area (Å²) < 4.78 is 5.09. The van der Waals surface area contributed by atoms with E-state index in [0.29, 0.717) is 0 Å². The first-order valence-electron chi connectivity index (χ1n) is 4.83. The first kappa shape index (κ1) is 10.7. The van der Waals surface area contributed by atoms with Crippen LogP contribution in [0.5, 0.6) is 5.75 Å². The molecule has 0 aliphatic rings. The number of ether oxygens (including phenoxy) is 1. The van der Waals surface area contributed by atoms with Crippen molar-refractivity contribution >= 4 is 11.4 Å². The summed E-state index contributed by atoms with van der Waals surface area (Å²) in [5.74, 6) is 0.802. The lowest BCUT2D eigenvalue weighted by molar-refractivity contribution is 0.415. The summed E-state index contributed by atoms with van der Waals surface area (Å²) in [6, 6.07) is 5.77. The van der Waals surface area contributed by atoms with Crippen LogP contribution in [-0.4, -0.2) is 20.7 Å². The fourth-order valence-corrected chi connectivity index (χ4v) is 1.46. The minimum absolute atomic E-state index is 0.764. The van der Waals surface area contributed by atoms with Gasteiger partial charge in [0.1, 0.15) is 5.75 Å². The molecule has 78 valence electrons. The molecule has 0 aromatic heterocycles. The molecule has 0 atom stereocenters. The maximum absolute atomic E-state index is 5.91. The Labute approximate surface area is 85.5 Å². The molecule has 0 heterocycles. The summed E-state index contributed by atoms with van der Waals surface area (Å²) in [6.07, 6.45) is 1.11.